The van der Waals surface area contributed by atoms with Gasteiger partial charge in [-0.25, -0.2) is 0 Å². The van der Waals surface area contributed by atoms with Gasteiger partial charge in [-0.15, -0.1) is 0 Å². The van der Waals surface area contributed by atoms with Gasteiger partial charge in [0.1, 0.15) is 0 Å². The smallest absolute Gasteiger partial charge is 0.224 e. The second-order valence-corrected chi connectivity index (χ2v) is 4.16. The molecule has 1 saturated carbocycles. The van der Waals surface area contributed by atoms with Crippen molar-refractivity contribution in [2.75, 3.05) is 7.05 Å². The molecule has 0 aromatic heterocycles. The van der Waals surface area contributed by atoms with Crippen LogP contribution >= 0.6 is 0 Å². The lowest BCUT2D eigenvalue weighted by molar-refractivity contribution is -0.119. The highest BCUT2D eigenvalue weighted by Gasteiger charge is 2.41. The molecular weight excluding hydrogens is 188 g/mol. The third-order valence-electron chi connectivity index (χ3n) is 2.97. The largest absolute Gasteiger partial charge is 0.359 e. The number of nitrogens with one attached hydrogen (secondary N) is 1. The maximum absolute atomic E-state index is 11.3. The summed E-state index contributed by atoms with van der Waals surface area (Å²) in [4.78, 5) is 11.3. The van der Waals surface area contributed by atoms with E-state index in [1.54, 1.807) is 7.05 Å². The average molecular weight is 204 g/mol. The van der Waals surface area contributed by atoms with Crippen LogP contribution < -0.4 is 11.1 Å². The number of likely N-dealkylation sites (N-methyl/N-ethyl adjacent to an activating group) is 1. The van der Waals surface area contributed by atoms with Gasteiger partial charge < -0.3 is 11.1 Å². The molecule has 3 N–H and O–H groups in total. The van der Waals surface area contributed by atoms with Crippen LogP contribution in [0.25, 0.3) is 0 Å². The Hall–Kier alpha value is -1.35. The minimum Gasteiger partial charge on any atom is -0.359 e. The molecule has 80 valence electrons. The van der Waals surface area contributed by atoms with Crippen molar-refractivity contribution in [3.63, 3.8) is 0 Å². The second kappa shape index (κ2) is 3.66. The molecular formula is C12H16N2O. The Kier molecular flexibility index (Phi) is 2.49. The minimum absolute atomic E-state index is 0.0340. The predicted molar refractivity (Wildman–Crippen MR) is 59.3 cm³/mol. The molecule has 1 aromatic carbocycles. The van der Waals surface area contributed by atoms with Crippen LogP contribution in [0.5, 0.6) is 0 Å². The van der Waals surface area contributed by atoms with Crippen LogP contribution in [-0.4, -0.2) is 13.0 Å². The van der Waals surface area contributed by atoms with Gasteiger partial charge in [-0.05, 0) is 24.0 Å². The Bertz CT molecular complexity index is 383. The lowest BCUT2D eigenvalue weighted by Gasteiger charge is -2.14. The number of rotatable bonds is 3. The number of benzene rings is 1. The van der Waals surface area contributed by atoms with Gasteiger partial charge in [0.15, 0.2) is 0 Å². The Labute approximate surface area is 89.7 Å². The summed E-state index contributed by atoms with van der Waals surface area (Å²) in [5, 5.41) is 2.63. The monoisotopic (exact) mass is 204 g/mol. The molecule has 1 aliphatic carbocycles. The van der Waals surface area contributed by atoms with Crippen molar-refractivity contribution < 1.29 is 4.79 Å². The topological polar surface area (TPSA) is 55.1 Å². The van der Waals surface area contributed by atoms with Crippen LogP contribution in [0.4, 0.5) is 0 Å². The predicted octanol–water partition coefficient (Wildman–Crippen LogP) is 0.923. The molecule has 0 spiro atoms. The standard InChI is InChI=1S/C12H16N2O/c1-14-11(15)8-9-4-2-3-5-10(9)12(13)6-7-12/h2-5H,6-8,13H2,1H3,(H,14,15). The Morgan fingerprint density at radius 2 is 2.13 bits per heavy atom. The summed E-state index contributed by atoms with van der Waals surface area (Å²) in [6.45, 7) is 0. The van der Waals surface area contributed by atoms with Gasteiger partial charge in [-0.3, -0.25) is 4.79 Å². The molecule has 1 amide bonds. The van der Waals surface area contributed by atoms with E-state index in [1.807, 2.05) is 24.3 Å². The maximum atomic E-state index is 11.3. The molecule has 3 nitrogen and oxygen atoms in total. The van der Waals surface area contributed by atoms with Crippen LogP contribution in [-0.2, 0) is 16.8 Å². The molecule has 1 fully saturated rings. The molecule has 0 radical (unpaired) electrons. The van der Waals surface area contributed by atoms with Gasteiger partial charge in [0, 0.05) is 12.6 Å². The summed E-state index contributed by atoms with van der Waals surface area (Å²) in [5.41, 5.74) is 8.18. The van der Waals surface area contributed by atoms with E-state index in [0.29, 0.717) is 6.42 Å². The van der Waals surface area contributed by atoms with E-state index in [2.05, 4.69) is 5.32 Å². The Morgan fingerprint density at radius 1 is 1.47 bits per heavy atom. The zero-order valence-electron chi connectivity index (χ0n) is 8.92. The molecule has 0 saturated heterocycles. The average Bonchev–Trinajstić information content (AvgIpc) is 2.98. The van der Waals surface area contributed by atoms with E-state index in [4.69, 9.17) is 5.73 Å². The molecule has 0 aliphatic heterocycles. The highest BCUT2D eigenvalue weighted by molar-refractivity contribution is 5.78. The van der Waals surface area contributed by atoms with Crippen molar-refractivity contribution in [1.82, 2.24) is 5.32 Å². The van der Waals surface area contributed by atoms with Crippen molar-refractivity contribution in [3.05, 3.63) is 35.4 Å². The highest BCUT2D eigenvalue weighted by atomic mass is 16.1. The fourth-order valence-electron chi connectivity index (χ4n) is 1.83. The summed E-state index contributed by atoms with van der Waals surface area (Å²) in [5.74, 6) is 0.0340. The highest BCUT2D eigenvalue weighted by Crippen LogP contribution is 2.44. The summed E-state index contributed by atoms with van der Waals surface area (Å²) in [6, 6.07) is 7.95. The molecule has 15 heavy (non-hydrogen) atoms. The van der Waals surface area contributed by atoms with Crippen LogP contribution in [0.2, 0.25) is 0 Å². The van der Waals surface area contributed by atoms with E-state index >= 15 is 0 Å². The number of carbonyl (C=O) groups is 1. The van der Waals surface area contributed by atoms with Crippen molar-refractivity contribution in [2.24, 2.45) is 5.73 Å². The van der Waals surface area contributed by atoms with Gasteiger partial charge in [-0.1, -0.05) is 24.3 Å². The molecule has 0 unspecified atom stereocenters. The quantitative estimate of drug-likeness (QED) is 0.769. The van der Waals surface area contributed by atoms with Gasteiger partial charge in [0.05, 0.1) is 6.42 Å². The SMILES string of the molecule is CNC(=O)Cc1ccccc1C1(N)CC1. The van der Waals surface area contributed by atoms with Gasteiger partial charge in [-0.2, -0.15) is 0 Å². The molecule has 2 rings (SSSR count). The number of carbonyl (C=O) groups excluding carboxylic acids is 1. The van der Waals surface area contributed by atoms with E-state index in [1.165, 1.54) is 0 Å². The minimum atomic E-state index is -0.162. The van der Waals surface area contributed by atoms with Gasteiger partial charge in [0.25, 0.3) is 0 Å². The first kappa shape index (κ1) is 10.2. The molecule has 0 atom stereocenters. The van der Waals surface area contributed by atoms with Gasteiger partial charge >= 0.3 is 0 Å². The maximum Gasteiger partial charge on any atom is 0.224 e. The van der Waals surface area contributed by atoms with Crippen molar-refractivity contribution >= 4 is 5.91 Å². The first-order valence-corrected chi connectivity index (χ1v) is 5.23. The fourth-order valence-corrected chi connectivity index (χ4v) is 1.83. The molecule has 0 bridgehead atoms. The fraction of sp³-hybridized carbons (Fsp3) is 0.417. The Morgan fingerprint density at radius 3 is 2.73 bits per heavy atom. The zero-order chi connectivity index (χ0) is 10.9. The molecule has 1 aliphatic rings. The third-order valence-corrected chi connectivity index (χ3v) is 2.97. The zero-order valence-corrected chi connectivity index (χ0v) is 8.92. The number of amides is 1. The molecule has 3 heteroatoms. The summed E-state index contributed by atoms with van der Waals surface area (Å²) in [6.07, 6.45) is 2.47. The lowest BCUT2D eigenvalue weighted by Crippen LogP contribution is -2.25. The first-order valence-electron chi connectivity index (χ1n) is 5.23. The molecule has 1 aromatic rings. The summed E-state index contributed by atoms with van der Waals surface area (Å²) >= 11 is 0. The number of hydrogen-bond acceptors (Lipinski definition) is 2. The number of hydrogen-bond donors (Lipinski definition) is 2. The van der Waals surface area contributed by atoms with Crippen LogP contribution in [0.1, 0.15) is 24.0 Å². The van der Waals surface area contributed by atoms with Crippen LogP contribution in [0.3, 0.4) is 0 Å². The van der Waals surface area contributed by atoms with Crippen molar-refractivity contribution in [1.29, 1.82) is 0 Å². The van der Waals surface area contributed by atoms with E-state index in [-0.39, 0.29) is 11.4 Å². The number of nitrogens with two attached hydrogens (primary N) is 1. The summed E-state index contributed by atoms with van der Waals surface area (Å²) in [7, 11) is 1.65. The second-order valence-electron chi connectivity index (χ2n) is 4.16. The molecule has 0 heterocycles. The van der Waals surface area contributed by atoms with Crippen LogP contribution in [0.15, 0.2) is 24.3 Å². The van der Waals surface area contributed by atoms with E-state index in [0.717, 1.165) is 24.0 Å². The Balaban J connectivity index is 2.26. The van der Waals surface area contributed by atoms with E-state index in [9.17, 15) is 4.79 Å². The first-order chi connectivity index (χ1) is 7.15. The van der Waals surface area contributed by atoms with Crippen molar-refractivity contribution in [2.45, 2.75) is 24.8 Å². The van der Waals surface area contributed by atoms with E-state index < -0.39 is 0 Å². The third kappa shape index (κ3) is 2.02. The normalized spacial score (nSPS) is 17.2. The van der Waals surface area contributed by atoms with Crippen molar-refractivity contribution in [3.8, 4) is 0 Å². The van der Waals surface area contributed by atoms with Gasteiger partial charge in [0.2, 0.25) is 5.91 Å². The van der Waals surface area contributed by atoms with Crippen LogP contribution in [0, 0.1) is 0 Å². The lowest BCUT2D eigenvalue weighted by atomic mass is 9.97. The summed E-state index contributed by atoms with van der Waals surface area (Å²) < 4.78 is 0.